The molecule has 0 saturated heterocycles. The molecule has 1 aliphatic rings. The molecule has 3 aromatic carbocycles. The third-order valence-corrected chi connectivity index (χ3v) is 5.74. The Balaban J connectivity index is 1.42. The van der Waals surface area contributed by atoms with E-state index < -0.39 is 17.8 Å². The molecule has 182 valence electrons. The van der Waals surface area contributed by atoms with Crippen LogP contribution in [0.4, 0.5) is 17.1 Å². The van der Waals surface area contributed by atoms with E-state index in [1.54, 1.807) is 79.7 Å². The number of amides is 3. The second kappa shape index (κ2) is 10.5. The van der Waals surface area contributed by atoms with Crippen molar-refractivity contribution in [3.8, 4) is 0 Å². The Morgan fingerprint density at radius 3 is 2.03 bits per heavy atom. The number of esters is 1. The van der Waals surface area contributed by atoms with E-state index in [-0.39, 0.29) is 23.2 Å². The summed E-state index contributed by atoms with van der Waals surface area (Å²) in [5, 5.41) is 5.42. The van der Waals surface area contributed by atoms with E-state index in [0.717, 1.165) is 10.5 Å². The van der Waals surface area contributed by atoms with Gasteiger partial charge in [-0.05, 0) is 74.5 Å². The molecule has 0 aromatic heterocycles. The lowest BCUT2D eigenvalue weighted by Crippen LogP contribution is -2.32. The number of hydrogen-bond donors (Lipinski definition) is 2. The third kappa shape index (κ3) is 5.13. The first kappa shape index (κ1) is 24.7. The van der Waals surface area contributed by atoms with Gasteiger partial charge in [0.2, 0.25) is 0 Å². The monoisotopic (exact) mass is 503 g/mol. The number of carbonyl (C=O) groups is 4. The molecule has 8 nitrogen and oxygen atoms in total. The minimum absolute atomic E-state index is 0.0406. The number of nitrogens with one attached hydrogen (secondary N) is 2. The van der Waals surface area contributed by atoms with Crippen LogP contribution >= 0.6 is 11.6 Å². The molecule has 0 unspecified atom stereocenters. The predicted octanol–water partition coefficient (Wildman–Crippen LogP) is 4.86. The zero-order valence-electron chi connectivity index (χ0n) is 19.5. The van der Waals surface area contributed by atoms with Crippen molar-refractivity contribution < 1.29 is 23.9 Å². The molecule has 3 aromatic rings. The first-order chi connectivity index (χ1) is 17.3. The van der Waals surface area contributed by atoms with Gasteiger partial charge in [-0.15, -0.1) is 0 Å². The Morgan fingerprint density at radius 1 is 0.833 bits per heavy atom. The number of imide groups is 1. The summed E-state index contributed by atoms with van der Waals surface area (Å²) in [6, 6.07) is 19.6. The maximum Gasteiger partial charge on any atom is 0.338 e. The highest BCUT2D eigenvalue weighted by Gasteiger charge is 2.38. The summed E-state index contributed by atoms with van der Waals surface area (Å²) in [6.07, 6.45) is 0. The smallest absolute Gasteiger partial charge is 0.338 e. The van der Waals surface area contributed by atoms with Gasteiger partial charge >= 0.3 is 5.97 Å². The van der Waals surface area contributed by atoms with Crippen molar-refractivity contribution in [3.63, 3.8) is 0 Å². The van der Waals surface area contributed by atoms with Gasteiger partial charge < -0.3 is 15.4 Å². The molecule has 0 radical (unpaired) electrons. The Bertz CT molecular complexity index is 1360. The number of halogens is 1. The van der Waals surface area contributed by atoms with Crippen LogP contribution in [0.25, 0.3) is 0 Å². The van der Waals surface area contributed by atoms with Gasteiger partial charge in [-0.1, -0.05) is 29.3 Å². The zero-order valence-corrected chi connectivity index (χ0v) is 20.3. The molecular weight excluding hydrogens is 482 g/mol. The van der Waals surface area contributed by atoms with Gasteiger partial charge in [-0.25, -0.2) is 9.69 Å². The van der Waals surface area contributed by atoms with Gasteiger partial charge in [-0.2, -0.15) is 0 Å². The molecular formula is C27H22ClN3O5. The summed E-state index contributed by atoms with van der Waals surface area (Å²) in [7, 11) is 0. The average molecular weight is 504 g/mol. The van der Waals surface area contributed by atoms with Crippen LogP contribution in [0.5, 0.6) is 0 Å². The van der Waals surface area contributed by atoms with Gasteiger partial charge in [0.1, 0.15) is 10.7 Å². The number of aryl methyl sites for hydroxylation is 1. The van der Waals surface area contributed by atoms with Crippen LogP contribution in [0.2, 0.25) is 0 Å². The predicted molar refractivity (Wildman–Crippen MR) is 137 cm³/mol. The number of hydrogen-bond acceptors (Lipinski definition) is 6. The van der Waals surface area contributed by atoms with Crippen molar-refractivity contribution in [1.29, 1.82) is 0 Å². The van der Waals surface area contributed by atoms with Crippen LogP contribution in [0, 0.1) is 6.92 Å². The molecule has 3 amide bonds. The number of anilines is 3. The lowest BCUT2D eigenvalue weighted by Gasteiger charge is -2.15. The van der Waals surface area contributed by atoms with E-state index in [1.807, 2.05) is 6.92 Å². The molecule has 0 spiro atoms. The lowest BCUT2D eigenvalue weighted by molar-refractivity contribution is -0.120. The number of carbonyl (C=O) groups excluding carboxylic acids is 4. The minimum atomic E-state index is -0.613. The number of ether oxygens (including phenoxy) is 1. The van der Waals surface area contributed by atoms with Crippen molar-refractivity contribution >= 4 is 52.4 Å². The first-order valence-electron chi connectivity index (χ1n) is 11.1. The second-order valence-electron chi connectivity index (χ2n) is 7.92. The summed E-state index contributed by atoms with van der Waals surface area (Å²) in [4.78, 5) is 50.9. The highest BCUT2D eigenvalue weighted by atomic mass is 35.5. The Kier molecular flexibility index (Phi) is 7.17. The summed E-state index contributed by atoms with van der Waals surface area (Å²) in [6.45, 7) is 3.91. The van der Waals surface area contributed by atoms with Crippen molar-refractivity contribution in [2.75, 3.05) is 22.1 Å². The van der Waals surface area contributed by atoms with E-state index in [9.17, 15) is 19.2 Å². The van der Waals surface area contributed by atoms with Crippen molar-refractivity contribution in [2.45, 2.75) is 13.8 Å². The maximum absolute atomic E-state index is 12.9. The molecule has 0 atom stereocenters. The van der Waals surface area contributed by atoms with Gasteiger partial charge in [-0.3, -0.25) is 14.4 Å². The van der Waals surface area contributed by atoms with Crippen LogP contribution in [0.3, 0.4) is 0 Å². The topological polar surface area (TPSA) is 105 Å². The molecule has 36 heavy (non-hydrogen) atoms. The summed E-state index contributed by atoms with van der Waals surface area (Å²) in [5.41, 5.74) is 3.12. The van der Waals surface area contributed by atoms with Crippen LogP contribution < -0.4 is 15.5 Å². The van der Waals surface area contributed by atoms with E-state index in [2.05, 4.69) is 10.6 Å². The maximum atomic E-state index is 12.9. The first-order valence-corrected chi connectivity index (χ1v) is 11.5. The molecule has 2 N–H and O–H groups in total. The fraction of sp³-hybridized carbons (Fsp3) is 0.111. The normalized spacial score (nSPS) is 13.1. The molecule has 0 fully saturated rings. The second-order valence-corrected chi connectivity index (χ2v) is 8.30. The zero-order chi connectivity index (χ0) is 25.8. The van der Waals surface area contributed by atoms with Crippen LogP contribution in [0.15, 0.2) is 83.5 Å². The Hall–Kier alpha value is -4.43. The minimum Gasteiger partial charge on any atom is -0.462 e. The molecule has 1 aliphatic heterocycles. The number of nitrogens with zero attached hydrogens (tertiary/aromatic N) is 1. The largest absolute Gasteiger partial charge is 0.462 e. The van der Waals surface area contributed by atoms with E-state index in [1.165, 1.54) is 0 Å². The molecule has 1 heterocycles. The van der Waals surface area contributed by atoms with Gasteiger partial charge in [0.15, 0.2) is 0 Å². The fourth-order valence-electron chi connectivity index (χ4n) is 3.50. The van der Waals surface area contributed by atoms with Gasteiger partial charge in [0.25, 0.3) is 17.7 Å². The summed E-state index contributed by atoms with van der Waals surface area (Å²) < 4.78 is 4.94. The van der Waals surface area contributed by atoms with Crippen molar-refractivity contribution in [1.82, 2.24) is 0 Å². The molecule has 0 bridgehead atoms. The Labute approximate surface area is 212 Å². The molecule has 0 saturated carbocycles. The van der Waals surface area contributed by atoms with Crippen molar-refractivity contribution in [2.24, 2.45) is 0 Å². The SMILES string of the molecule is CCOC(=O)c1ccc(NC(=O)c2ccc(NC3=C(Cl)C(=O)N(c4ccc(C)cc4)C3=O)cc2)cc1. The van der Waals surface area contributed by atoms with Crippen LogP contribution in [-0.4, -0.2) is 30.3 Å². The van der Waals surface area contributed by atoms with Crippen molar-refractivity contribution in [3.05, 3.63) is 100 Å². The third-order valence-electron chi connectivity index (χ3n) is 5.39. The quantitative estimate of drug-likeness (QED) is 0.352. The average Bonchev–Trinajstić information content (AvgIpc) is 3.08. The molecule has 0 aliphatic carbocycles. The van der Waals surface area contributed by atoms with E-state index in [0.29, 0.717) is 28.2 Å². The molecule has 9 heteroatoms. The fourth-order valence-corrected chi connectivity index (χ4v) is 3.71. The van der Waals surface area contributed by atoms with Gasteiger partial charge in [0, 0.05) is 16.9 Å². The van der Waals surface area contributed by atoms with E-state index in [4.69, 9.17) is 16.3 Å². The van der Waals surface area contributed by atoms with E-state index >= 15 is 0 Å². The Morgan fingerprint density at radius 2 is 1.42 bits per heavy atom. The number of benzene rings is 3. The van der Waals surface area contributed by atoms with Gasteiger partial charge in [0.05, 0.1) is 17.9 Å². The standard InChI is InChI=1S/C27H22ClN3O5/c1-3-36-27(35)18-8-12-20(13-9-18)30-24(32)17-6-10-19(11-7-17)29-23-22(28)25(33)31(26(23)34)21-14-4-16(2)5-15-21/h4-15,29H,3H2,1-2H3,(H,30,32). The van der Waals surface area contributed by atoms with Crippen LogP contribution in [-0.2, 0) is 14.3 Å². The molecule has 4 rings (SSSR count). The highest BCUT2D eigenvalue weighted by Crippen LogP contribution is 2.30. The summed E-state index contributed by atoms with van der Waals surface area (Å²) in [5.74, 6) is -1.97. The summed E-state index contributed by atoms with van der Waals surface area (Å²) >= 11 is 6.18. The van der Waals surface area contributed by atoms with Crippen LogP contribution in [0.1, 0.15) is 33.2 Å². The highest BCUT2D eigenvalue weighted by molar-refractivity contribution is 6.53. The number of rotatable bonds is 7. The lowest BCUT2D eigenvalue weighted by atomic mass is 10.1.